The molecule has 0 aliphatic heterocycles. The highest BCUT2D eigenvalue weighted by Crippen LogP contribution is 2.28. The van der Waals surface area contributed by atoms with Crippen molar-refractivity contribution in [1.29, 1.82) is 0 Å². The number of nitrogens with one attached hydrogen (secondary N) is 2. The fourth-order valence-electron chi connectivity index (χ4n) is 2.01. The summed E-state index contributed by atoms with van der Waals surface area (Å²) in [6.45, 7) is 0.184. The van der Waals surface area contributed by atoms with Crippen molar-refractivity contribution in [2.75, 3.05) is 6.54 Å². The molecule has 2 rings (SSSR count). The van der Waals surface area contributed by atoms with Gasteiger partial charge in [-0.2, -0.15) is 0 Å². The highest BCUT2D eigenvalue weighted by atomic mass is 16.3. The van der Waals surface area contributed by atoms with Crippen LogP contribution in [-0.2, 0) is 9.59 Å². The molecule has 0 heterocycles. The van der Waals surface area contributed by atoms with Crippen LogP contribution in [0.4, 0.5) is 0 Å². The Morgan fingerprint density at radius 1 is 1.19 bits per heavy atom. The van der Waals surface area contributed by atoms with Crippen LogP contribution in [0.3, 0.4) is 0 Å². The Hall–Kier alpha value is -1.10. The van der Waals surface area contributed by atoms with E-state index < -0.39 is 17.4 Å². The van der Waals surface area contributed by atoms with Crippen molar-refractivity contribution >= 4 is 11.8 Å². The topological polar surface area (TPSA) is 78.4 Å². The number of hydrogen-bond donors (Lipinski definition) is 3. The summed E-state index contributed by atoms with van der Waals surface area (Å²) in [6.07, 6.45) is 5.31. The summed E-state index contributed by atoms with van der Waals surface area (Å²) < 4.78 is 0. The van der Waals surface area contributed by atoms with Crippen LogP contribution in [0.25, 0.3) is 0 Å². The summed E-state index contributed by atoms with van der Waals surface area (Å²) >= 11 is 0. The number of amides is 2. The first-order chi connectivity index (χ1) is 7.59. The van der Waals surface area contributed by atoms with Gasteiger partial charge in [-0.1, -0.05) is 12.8 Å². The standard InChI is InChI=1S/C11H18N2O3/c14-9(10(15)13-8-3-4-8)12-7-11(16)5-1-2-6-11/h8,16H,1-7H2,(H,12,14)(H,13,15). The SMILES string of the molecule is O=C(NCC1(O)CCCC1)C(=O)NC1CC1. The molecule has 2 saturated carbocycles. The van der Waals surface area contributed by atoms with Gasteiger partial charge in [0.1, 0.15) is 0 Å². The van der Waals surface area contributed by atoms with Crippen LogP contribution < -0.4 is 10.6 Å². The van der Waals surface area contributed by atoms with E-state index in [0.717, 1.165) is 25.7 Å². The first kappa shape index (κ1) is 11.4. The van der Waals surface area contributed by atoms with Crippen molar-refractivity contribution in [3.05, 3.63) is 0 Å². The summed E-state index contributed by atoms with van der Waals surface area (Å²) in [7, 11) is 0. The second kappa shape index (κ2) is 4.41. The monoisotopic (exact) mass is 226 g/mol. The van der Waals surface area contributed by atoms with Crippen LogP contribution >= 0.6 is 0 Å². The van der Waals surface area contributed by atoms with Crippen LogP contribution in [0.1, 0.15) is 38.5 Å². The molecule has 2 amide bonds. The molecule has 0 bridgehead atoms. The molecule has 2 fully saturated rings. The Balaban J connectivity index is 1.71. The second-order valence-corrected chi connectivity index (χ2v) is 4.86. The van der Waals surface area contributed by atoms with Gasteiger partial charge in [-0.3, -0.25) is 9.59 Å². The van der Waals surface area contributed by atoms with Crippen LogP contribution in [-0.4, -0.2) is 35.1 Å². The van der Waals surface area contributed by atoms with Crippen molar-refractivity contribution < 1.29 is 14.7 Å². The van der Waals surface area contributed by atoms with E-state index in [0.29, 0.717) is 12.8 Å². The largest absolute Gasteiger partial charge is 0.388 e. The van der Waals surface area contributed by atoms with E-state index in [1.54, 1.807) is 0 Å². The van der Waals surface area contributed by atoms with Gasteiger partial charge >= 0.3 is 11.8 Å². The minimum atomic E-state index is -0.796. The molecule has 90 valence electrons. The maximum Gasteiger partial charge on any atom is 0.309 e. The first-order valence-corrected chi connectivity index (χ1v) is 5.90. The van der Waals surface area contributed by atoms with Crippen molar-refractivity contribution in [1.82, 2.24) is 10.6 Å². The van der Waals surface area contributed by atoms with Crippen LogP contribution in [0.5, 0.6) is 0 Å². The predicted molar refractivity (Wildman–Crippen MR) is 57.6 cm³/mol. The number of carbonyl (C=O) groups is 2. The van der Waals surface area contributed by atoms with Crippen LogP contribution in [0.2, 0.25) is 0 Å². The van der Waals surface area contributed by atoms with Gasteiger partial charge in [0.15, 0.2) is 0 Å². The second-order valence-electron chi connectivity index (χ2n) is 4.86. The molecule has 0 saturated heterocycles. The average molecular weight is 226 g/mol. The molecule has 0 aromatic rings. The fourth-order valence-corrected chi connectivity index (χ4v) is 2.01. The van der Waals surface area contributed by atoms with E-state index in [1.807, 2.05) is 0 Å². The van der Waals surface area contributed by atoms with Crippen molar-refractivity contribution in [3.63, 3.8) is 0 Å². The molecule has 5 heteroatoms. The summed E-state index contributed by atoms with van der Waals surface area (Å²) in [5, 5.41) is 15.1. The Bertz CT molecular complexity index is 294. The molecular weight excluding hydrogens is 208 g/mol. The summed E-state index contributed by atoms with van der Waals surface area (Å²) in [6, 6.07) is 0.188. The third-order valence-corrected chi connectivity index (χ3v) is 3.23. The quantitative estimate of drug-likeness (QED) is 0.577. The molecule has 2 aliphatic carbocycles. The van der Waals surface area contributed by atoms with Gasteiger partial charge in [-0.05, 0) is 25.7 Å². The van der Waals surface area contributed by atoms with E-state index in [2.05, 4.69) is 10.6 Å². The van der Waals surface area contributed by atoms with Gasteiger partial charge in [0.2, 0.25) is 0 Å². The van der Waals surface area contributed by atoms with Gasteiger partial charge in [0.05, 0.1) is 5.60 Å². The summed E-state index contributed by atoms with van der Waals surface area (Å²) in [4.78, 5) is 22.7. The third kappa shape index (κ3) is 2.95. The third-order valence-electron chi connectivity index (χ3n) is 3.23. The maximum absolute atomic E-state index is 11.4. The molecule has 0 radical (unpaired) electrons. The molecule has 3 N–H and O–H groups in total. The zero-order valence-corrected chi connectivity index (χ0v) is 9.29. The van der Waals surface area contributed by atoms with Gasteiger partial charge < -0.3 is 15.7 Å². The summed E-state index contributed by atoms with van der Waals surface area (Å²) in [5.41, 5.74) is -0.796. The van der Waals surface area contributed by atoms with Gasteiger partial charge in [0, 0.05) is 12.6 Å². The van der Waals surface area contributed by atoms with Crippen molar-refractivity contribution in [2.45, 2.75) is 50.2 Å². The molecule has 0 spiro atoms. The maximum atomic E-state index is 11.4. The lowest BCUT2D eigenvalue weighted by molar-refractivity contribution is -0.139. The normalized spacial score (nSPS) is 22.8. The lowest BCUT2D eigenvalue weighted by Crippen LogP contribution is -2.47. The van der Waals surface area contributed by atoms with Gasteiger partial charge in [-0.25, -0.2) is 0 Å². The molecule has 0 atom stereocenters. The molecule has 0 unspecified atom stereocenters. The highest BCUT2D eigenvalue weighted by molar-refractivity contribution is 6.35. The number of carbonyl (C=O) groups excluding carboxylic acids is 2. The zero-order valence-electron chi connectivity index (χ0n) is 9.29. The predicted octanol–water partition coefficient (Wildman–Crippen LogP) is -0.314. The number of rotatable bonds is 3. The van der Waals surface area contributed by atoms with Crippen LogP contribution in [0.15, 0.2) is 0 Å². The van der Waals surface area contributed by atoms with E-state index in [1.165, 1.54) is 0 Å². The Kier molecular flexibility index (Phi) is 3.14. The average Bonchev–Trinajstić information content (AvgIpc) is 2.96. The molecule has 0 aromatic carbocycles. The Morgan fingerprint density at radius 2 is 1.81 bits per heavy atom. The molecule has 2 aliphatic rings. The minimum Gasteiger partial charge on any atom is -0.388 e. The molecular formula is C11H18N2O3. The molecule has 16 heavy (non-hydrogen) atoms. The summed E-state index contributed by atoms with van der Waals surface area (Å²) in [5.74, 6) is -1.21. The van der Waals surface area contributed by atoms with Crippen molar-refractivity contribution in [2.24, 2.45) is 0 Å². The minimum absolute atomic E-state index is 0.184. The molecule has 0 aromatic heterocycles. The van der Waals surface area contributed by atoms with E-state index >= 15 is 0 Å². The van der Waals surface area contributed by atoms with E-state index in [4.69, 9.17) is 0 Å². The Morgan fingerprint density at radius 3 is 2.38 bits per heavy atom. The number of aliphatic hydroxyl groups is 1. The smallest absolute Gasteiger partial charge is 0.309 e. The first-order valence-electron chi connectivity index (χ1n) is 5.90. The van der Waals surface area contributed by atoms with Gasteiger partial charge in [-0.15, -0.1) is 0 Å². The lowest BCUT2D eigenvalue weighted by Gasteiger charge is -2.21. The highest BCUT2D eigenvalue weighted by Gasteiger charge is 2.32. The van der Waals surface area contributed by atoms with Gasteiger partial charge in [0.25, 0.3) is 0 Å². The van der Waals surface area contributed by atoms with E-state index in [-0.39, 0.29) is 12.6 Å². The van der Waals surface area contributed by atoms with Crippen molar-refractivity contribution in [3.8, 4) is 0 Å². The zero-order chi connectivity index (χ0) is 11.6. The lowest BCUT2D eigenvalue weighted by atomic mass is 10.0. The number of hydrogen-bond acceptors (Lipinski definition) is 3. The molecule has 5 nitrogen and oxygen atoms in total. The Labute approximate surface area is 94.6 Å². The van der Waals surface area contributed by atoms with Crippen LogP contribution in [0, 0.1) is 0 Å². The van der Waals surface area contributed by atoms with E-state index in [9.17, 15) is 14.7 Å². The fraction of sp³-hybridized carbons (Fsp3) is 0.818.